The van der Waals surface area contributed by atoms with Crippen molar-refractivity contribution in [2.45, 2.75) is 6.54 Å². The monoisotopic (exact) mass is 279 g/mol. The minimum absolute atomic E-state index is 0.678. The highest BCUT2D eigenvalue weighted by Gasteiger charge is 2.06. The lowest BCUT2D eigenvalue weighted by molar-refractivity contribution is 0.410. The highest BCUT2D eigenvalue weighted by atomic mass is 16.5. The molecule has 106 valence electrons. The minimum Gasteiger partial charge on any atom is -0.496 e. The zero-order valence-electron chi connectivity index (χ0n) is 11.8. The molecular formula is C17H17N3O. The zero-order valence-corrected chi connectivity index (χ0v) is 11.8. The molecule has 0 aliphatic carbocycles. The van der Waals surface area contributed by atoms with E-state index in [9.17, 15) is 0 Å². The van der Waals surface area contributed by atoms with Crippen molar-refractivity contribution in [3.8, 4) is 5.75 Å². The molecule has 0 saturated carbocycles. The Kier molecular flexibility index (Phi) is 3.60. The lowest BCUT2D eigenvalue weighted by atomic mass is 10.1. The molecule has 3 aromatic rings. The minimum atomic E-state index is 0.678. The molecule has 0 unspecified atom stereocenters. The lowest BCUT2D eigenvalue weighted by Gasteiger charge is -2.13. The van der Waals surface area contributed by atoms with E-state index in [4.69, 9.17) is 10.5 Å². The molecule has 0 aliphatic heterocycles. The predicted molar refractivity (Wildman–Crippen MR) is 86.5 cm³/mol. The van der Waals surface area contributed by atoms with Gasteiger partial charge >= 0.3 is 0 Å². The van der Waals surface area contributed by atoms with Crippen molar-refractivity contribution in [1.29, 1.82) is 0 Å². The van der Waals surface area contributed by atoms with E-state index in [1.54, 1.807) is 13.3 Å². The fraction of sp³-hybridized carbons (Fsp3) is 0.118. The highest BCUT2D eigenvalue weighted by Crippen LogP contribution is 2.27. The van der Waals surface area contributed by atoms with Gasteiger partial charge in [-0.05, 0) is 30.3 Å². The Hall–Kier alpha value is -2.75. The number of hydrogen-bond donors (Lipinski definition) is 2. The van der Waals surface area contributed by atoms with Crippen LogP contribution in [0, 0.1) is 0 Å². The Balaban J connectivity index is 1.91. The van der Waals surface area contributed by atoms with Gasteiger partial charge in [0.05, 0.1) is 18.3 Å². The number of nitrogens with two attached hydrogens (primary N) is 1. The summed E-state index contributed by atoms with van der Waals surface area (Å²) in [6.07, 6.45) is 1.75. The quantitative estimate of drug-likeness (QED) is 0.718. The third kappa shape index (κ3) is 2.60. The van der Waals surface area contributed by atoms with Gasteiger partial charge in [-0.3, -0.25) is 4.98 Å². The van der Waals surface area contributed by atoms with Gasteiger partial charge in [0.15, 0.2) is 0 Å². The van der Waals surface area contributed by atoms with Crippen molar-refractivity contribution in [2.24, 2.45) is 0 Å². The second kappa shape index (κ2) is 5.71. The summed E-state index contributed by atoms with van der Waals surface area (Å²) in [6, 6.07) is 15.8. The maximum absolute atomic E-state index is 5.97. The first-order valence-electron chi connectivity index (χ1n) is 6.78. The molecule has 0 amide bonds. The molecule has 3 rings (SSSR count). The van der Waals surface area contributed by atoms with Crippen LogP contribution in [0.3, 0.4) is 0 Å². The number of benzene rings is 2. The molecule has 0 fully saturated rings. The largest absolute Gasteiger partial charge is 0.496 e. The Morgan fingerprint density at radius 2 is 1.95 bits per heavy atom. The number of anilines is 2. The van der Waals surface area contributed by atoms with E-state index in [-0.39, 0.29) is 0 Å². The van der Waals surface area contributed by atoms with Gasteiger partial charge in [0.2, 0.25) is 0 Å². The Bertz CT molecular complexity index is 771. The first-order chi connectivity index (χ1) is 10.3. The van der Waals surface area contributed by atoms with E-state index < -0.39 is 0 Å². The standard InChI is InChI=1S/C17H17N3O/c1-21-16-7-3-2-5-12(16)11-20-15-9-8-14(18)17-13(15)6-4-10-19-17/h2-10,20H,11,18H2,1H3. The van der Waals surface area contributed by atoms with Crippen molar-refractivity contribution in [3.63, 3.8) is 0 Å². The Morgan fingerprint density at radius 1 is 1.10 bits per heavy atom. The SMILES string of the molecule is COc1ccccc1CNc1ccc(N)c2ncccc12. The van der Waals surface area contributed by atoms with Crippen LogP contribution < -0.4 is 15.8 Å². The summed E-state index contributed by atoms with van der Waals surface area (Å²) in [5.74, 6) is 0.878. The number of nitrogen functional groups attached to an aromatic ring is 1. The summed E-state index contributed by atoms with van der Waals surface area (Å²) in [4.78, 5) is 4.34. The molecule has 3 N–H and O–H groups in total. The normalized spacial score (nSPS) is 10.5. The smallest absolute Gasteiger partial charge is 0.123 e. The van der Waals surface area contributed by atoms with Crippen LogP contribution >= 0.6 is 0 Å². The molecule has 1 heterocycles. The highest BCUT2D eigenvalue weighted by molar-refractivity contribution is 5.98. The van der Waals surface area contributed by atoms with Gasteiger partial charge < -0.3 is 15.8 Å². The number of nitrogens with zero attached hydrogens (tertiary/aromatic N) is 1. The van der Waals surface area contributed by atoms with Crippen molar-refractivity contribution in [3.05, 3.63) is 60.3 Å². The Morgan fingerprint density at radius 3 is 2.81 bits per heavy atom. The van der Waals surface area contributed by atoms with E-state index in [1.165, 1.54) is 0 Å². The summed E-state index contributed by atoms with van der Waals surface area (Å²) in [5, 5.41) is 4.45. The lowest BCUT2D eigenvalue weighted by Crippen LogP contribution is -2.03. The van der Waals surface area contributed by atoms with Crippen LogP contribution in [0.15, 0.2) is 54.7 Å². The molecule has 0 bridgehead atoms. The van der Waals surface area contributed by atoms with Gasteiger partial charge in [-0.15, -0.1) is 0 Å². The molecule has 0 atom stereocenters. The van der Waals surface area contributed by atoms with Crippen LogP contribution in [0.2, 0.25) is 0 Å². The van der Waals surface area contributed by atoms with Crippen LogP contribution in [-0.2, 0) is 6.54 Å². The van der Waals surface area contributed by atoms with Crippen molar-refractivity contribution in [1.82, 2.24) is 4.98 Å². The number of aromatic nitrogens is 1. The van der Waals surface area contributed by atoms with Gasteiger partial charge in [0, 0.05) is 29.4 Å². The number of para-hydroxylation sites is 1. The molecule has 1 aromatic heterocycles. The summed E-state index contributed by atoms with van der Waals surface area (Å²) < 4.78 is 5.37. The van der Waals surface area contributed by atoms with Gasteiger partial charge in [0.1, 0.15) is 5.75 Å². The molecule has 2 aromatic carbocycles. The molecule has 0 aliphatic rings. The average Bonchev–Trinajstić information content (AvgIpc) is 2.55. The molecule has 0 saturated heterocycles. The second-order valence-electron chi connectivity index (χ2n) is 4.77. The first-order valence-corrected chi connectivity index (χ1v) is 6.78. The van der Waals surface area contributed by atoms with E-state index in [0.717, 1.165) is 27.9 Å². The van der Waals surface area contributed by atoms with Gasteiger partial charge in [0.25, 0.3) is 0 Å². The molecular weight excluding hydrogens is 262 g/mol. The summed E-state index contributed by atoms with van der Waals surface area (Å²) in [7, 11) is 1.68. The van der Waals surface area contributed by atoms with E-state index in [2.05, 4.69) is 10.3 Å². The van der Waals surface area contributed by atoms with Gasteiger partial charge in [-0.1, -0.05) is 18.2 Å². The number of ether oxygens (including phenoxy) is 1. The predicted octanol–water partition coefficient (Wildman–Crippen LogP) is 3.44. The summed E-state index contributed by atoms with van der Waals surface area (Å²) in [6.45, 7) is 0.678. The number of pyridine rings is 1. The molecule has 0 spiro atoms. The van der Waals surface area contributed by atoms with Crippen LogP contribution in [0.1, 0.15) is 5.56 Å². The fourth-order valence-electron chi connectivity index (χ4n) is 2.39. The first kappa shape index (κ1) is 13.2. The van der Waals surface area contributed by atoms with Crippen molar-refractivity contribution >= 4 is 22.3 Å². The van der Waals surface area contributed by atoms with Gasteiger partial charge in [-0.25, -0.2) is 0 Å². The van der Waals surface area contributed by atoms with Crippen molar-refractivity contribution < 1.29 is 4.74 Å². The topological polar surface area (TPSA) is 60.2 Å². The average molecular weight is 279 g/mol. The number of nitrogens with one attached hydrogen (secondary N) is 1. The second-order valence-corrected chi connectivity index (χ2v) is 4.77. The third-order valence-corrected chi connectivity index (χ3v) is 3.46. The van der Waals surface area contributed by atoms with E-state index >= 15 is 0 Å². The van der Waals surface area contributed by atoms with Crippen LogP contribution in [0.25, 0.3) is 10.9 Å². The summed E-state index contributed by atoms with van der Waals surface area (Å²) in [5.41, 5.74) is 9.60. The fourth-order valence-corrected chi connectivity index (χ4v) is 2.39. The van der Waals surface area contributed by atoms with Crippen LogP contribution in [-0.4, -0.2) is 12.1 Å². The number of fused-ring (bicyclic) bond motifs is 1. The molecule has 21 heavy (non-hydrogen) atoms. The molecule has 4 heteroatoms. The van der Waals surface area contributed by atoms with E-state index in [1.807, 2.05) is 48.5 Å². The van der Waals surface area contributed by atoms with Crippen LogP contribution in [0.4, 0.5) is 11.4 Å². The van der Waals surface area contributed by atoms with Crippen LogP contribution in [0.5, 0.6) is 5.75 Å². The maximum atomic E-state index is 5.97. The molecule has 0 radical (unpaired) electrons. The number of rotatable bonds is 4. The van der Waals surface area contributed by atoms with Gasteiger partial charge in [-0.2, -0.15) is 0 Å². The molecule has 4 nitrogen and oxygen atoms in total. The summed E-state index contributed by atoms with van der Waals surface area (Å²) >= 11 is 0. The maximum Gasteiger partial charge on any atom is 0.123 e. The van der Waals surface area contributed by atoms with E-state index in [0.29, 0.717) is 12.2 Å². The zero-order chi connectivity index (χ0) is 14.7. The third-order valence-electron chi connectivity index (χ3n) is 3.46. The number of methoxy groups -OCH3 is 1. The van der Waals surface area contributed by atoms with Crippen molar-refractivity contribution in [2.75, 3.05) is 18.2 Å². The Labute approximate surface area is 123 Å². The number of hydrogen-bond acceptors (Lipinski definition) is 4.